The summed E-state index contributed by atoms with van der Waals surface area (Å²) in [5.41, 5.74) is 0.597. The Bertz CT molecular complexity index is 974. The molecule has 1 fully saturated rings. The minimum absolute atomic E-state index is 0.0360. The molecule has 3 aromatic rings. The number of hydrogen-bond donors (Lipinski definition) is 1. The van der Waals surface area contributed by atoms with Crippen molar-refractivity contribution in [2.24, 2.45) is 0 Å². The van der Waals surface area contributed by atoms with Crippen molar-refractivity contribution in [3.8, 4) is 5.75 Å². The van der Waals surface area contributed by atoms with Crippen LogP contribution < -0.4 is 4.74 Å². The van der Waals surface area contributed by atoms with Crippen LogP contribution >= 0.6 is 0 Å². The highest BCUT2D eigenvalue weighted by Gasteiger charge is 2.32. The molecule has 146 valence electrons. The number of carbonyl (C=O) groups is 1. The smallest absolute Gasteiger partial charge is 0.433 e. The van der Waals surface area contributed by atoms with E-state index in [1.807, 2.05) is 30.5 Å². The van der Waals surface area contributed by atoms with Gasteiger partial charge in [-0.25, -0.2) is 4.98 Å². The summed E-state index contributed by atoms with van der Waals surface area (Å²) >= 11 is 0. The SMILES string of the molecule is O=C(c1ccc2cc[nH]c2c1)N1CCC(Oc2ccc(C(F)(F)F)nc2)CC1. The number of aromatic nitrogens is 2. The Kier molecular flexibility index (Phi) is 4.70. The van der Waals surface area contributed by atoms with Crippen LogP contribution in [0, 0.1) is 0 Å². The maximum atomic E-state index is 12.7. The van der Waals surface area contributed by atoms with E-state index in [4.69, 9.17) is 4.74 Å². The fourth-order valence-electron chi connectivity index (χ4n) is 3.35. The summed E-state index contributed by atoms with van der Waals surface area (Å²) in [5, 5.41) is 1.05. The number of H-pyrrole nitrogens is 1. The quantitative estimate of drug-likeness (QED) is 0.728. The number of hydrogen-bond acceptors (Lipinski definition) is 3. The Labute approximate surface area is 159 Å². The van der Waals surface area contributed by atoms with E-state index in [0.29, 0.717) is 37.2 Å². The second-order valence-electron chi connectivity index (χ2n) is 6.77. The molecule has 1 saturated heterocycles. The zero-order valence-corrected chi connectivity index (χ0v) is 14.9. The molecular formula is C20H18F3N3O2. The van der Waals surface area contributed by atoms with Crippen molar-refractivity contribution in [3.05, 3.63) is 60.0 Å². The van der Waals surface area contributed by atoms with E-state index in [9.17, 15) is 18.0 Å². The highest BCUT2D eigenvalue weighted by atomic mass is 19.4. The first-order valence-electron chi connectivity index (χ1n) is 8.96. The number of aromatic amines is 1. The summed E-state index contributed by atoms with van der Waals surface area (Å²) in [6.07, 6.45) is -0.486. The number of ether oxygens (including phenoxy) is 1. The zero-order chi connectivity index (χ0) is 19.7. The second-order valence-corrected chi connectivity index (χ2v) is 6.77. The van der Waals surface area contributed by atoms with Crippen LogP contribution in [0.4, 0.5) is 13.2 Å². The van der Waals surface area contributed by atoms with Crippen LogP contribution in [0.15, 0.2) is 48.8 Å². The molecule has 1 aliphatic heterocycles. The van der Waals surface area contributed by atoms with Crippen LogP contribution in [0.2, 0.25) is 0 Å². The first-order chi connectivity index (χ1) is 13.4. The first kappa shape index (κ1) is 18.3. The van der Waals surface area contributed by atoms with Gasteiger partial charge in [-0.15, -0.1) is 0 Å². The topological polar surface area (TPSA) is 58.2 Å². The van der Waals surface area contributed by atoms with Gasteiger partial charge in [-0.2, -0.15) is 13.2 Å². The molecule has 2 aromatic heterocycles. The number of likely N-dealkylation sites (tertiary alicyclic amines) is 1. The normalized spacial score (nSPS) is 15.8. The zero-order valence-electron chi connectivity index (χ0n) is 14.9. The number of piperidine rings is 1. The molecule has 0 radical (unpaired) electrons. The predicted molar refractivity (Wildman–Crippen MR) is 97.1 cm³/mol. The molecular weight excluding hydrogens is 371 g/mol. The lowest BCUT2D eigenvalue weighted by Crippen LogP contribution is -2.41. The van der Waals surface area contributed by atoms with Crippen LogP contribution in [0.3, 0.4) is 0 Å². The molecule has 1 aliphatic rings. The van der Waals surface area contributed by atoms with Gasteiger partial charge in [-0.3, -0.25) is 4.79 Å². The minimum Gasteiger partial charge on any atom is -0.489 e. The number of nitrogens with one attached hydrogen (secondary N) is 1. The monoisotopic (exact) mass is 389 g/mol. The van der Waals surface area contributed by atoms with E-state index < -0.39 is 11.9 Å². The Balaban J connectivity index is 1.34. The minimum atomic E-state index is -4.46. The third kappa shape index (κ3) is 3.81. The van der Waals surface area contributed by atoms with Gasteiger partial charge in [0, 0.05) is 43.2 Å². The molecule has 0 saturated carbocycles. The number of pyridine rings is 1. The van der Waals surface area contributed by atoms with E-state index in [1.165, 1.54) is 6.07 Å². The van der Waals surface area contributed by atoms with Crippen molar-refractivity contribution in [1.82, 2.24) is 14.9 Å². The Morgan fingerprint density at radius 1 is 1.14 bits per heavy atom. The summed E-state index contributed by atoms with van der Waals surface area (Å²) in [7, 11) is 0. The van der Waals surface area contributed by atoms with Gasteiger partial charge in [-0.1, -0.05) is 6.07 Å². The third-order valence-corrected chi connectivity index (χ3v) is 4.86. The summed E-state index contributed by atoms with van der Waals surface area (Å²) in [6.45, 7) is 1.06. The van der Waals surface area contributed by atoms with Crippen molar-refractivity contribution in [2.75, 3.05) is 13.1 Å². The summed E-state index contributed by atoms with van der Waals surface area (Å²) < 4.78 is 43.4. The molecule has 28 heavy (non-hydrogen) atoms. The number of halogens is 3. The van der Waals surface area contributed by atoms with Crippen LogP contribution in [-0.4, -0.2) is 40.0 Å². The number of carbonyl (C=O) groups excluding carboxylic acids is 1. The molecule has 3 heterocycles. The van der Waals surface area contributed by atoms with Gasteiger partial charge in [-0.05, 0) is 35.7 Å². The molecule has 8 heteroatoms. The predicted octanol–water partition coefficient (Wildman–Crippen LogP) is 4.27. The van der Waals surface area contributed by atoms with Crippen molar-refractivity contribution in [2.45, 2.75) is 25.1 Å². The van der Waals surface area contributed by atoms with Gasteiger partial charge in [0.1, 0.15) is 17.5 Å². The molecule has 0 atom stereocenters. The molecule has 1 N–H and O–H groups in total. The molecule has 0 unspecified atom stereocenters. The number of rotatable bonds is 3. The van der Waals surface area contributed by atoms with E-state index in [0.717, 1.165) is 23.2 Å². The number of alkyl halides is 3. The van der Waals surface area contributed by atoms with Gasteiger partial charge in [0.25, 0.3) is 5.91 Å². The molecule has 1 aromatic carbocycles. The van der Waals surface area contributed by atoms with Crippen LogP contribution in [0.25, 0.3) is 10.9 Å². The second kappa shape index (κ2) is 7.18. The van der Waals surface area contributed by atoms with Crippen molar-refractivity contribution < 1.29 is 22.7 Å². The molecule has 0 aliphatic carbocycles. The van der Waals surface area contributed by atoms with Gasteiger partial charge in [0.15, 0.2) is 0 Å². The number of amides is 1. The lowest BCUT2D eigenvalue weighted by Gasteiger charge is -2.32. The van der Waals surface area contributed by atoms with E-state index in [1.54, 1.807) is 4.90 Å². The van der Waals surface area contributed by atoms with Crippen molar-refractivity contribution >= 4 is 16.8 Å². The van der Waals surface area contributed by atoms with E-state index in [-0.39, 0.29) is 12.0 Å². The fraction of sp³-hybridized carbons (Fsp3) is 0.300. The highest BCUT2D eigenvalue weighted by Crippen LogP contribution is 2.29. The van der Waals surface area contributed by atoms with Gasteiger partial charge in [0.05, 0.1) is 6.20 Å². The lowest BCUT2D eigenvalue weighted by atomic mass is 10.1. The number of nitrogens with zero attached hydrogens (tertiary/aromatic N) is 2. The van der Waals surface area contributed by atoms with Crippen LogP contribution in [0.5, 0.6) is 5.75 Å². The lowest BCUT2D eigenvalue weighted by molar-refractivity contribution is -0.141. The first-order valence-corrected chi connectivity index (χ1v) is 8.96. The van der Waals surface area contributed by atoms with Crippen LogP contribution in [0.1, 0.15) is 28.9 Å². The fourth-order valence-corrected chi connectivity index (χ4v) is 3.35. The molecule has 1 amide bonds. The Hall–Kier alpha value is -3.03. The van der Waals surface area contributed by atoms with Crippen LogP contribution in [-0.2, 0) is 6.18 Å². The third-order valence-electron chi connectivity index (χ3n) is 4.86. The summed E-state index contributed by atoms with van der Waals surface area (Å²) in [4.78, 5) is 21.0. The summed E-state index contributed by atoms with van der Waals surface area (Å²) in [6, 6.07) is 9.70. The molecule has 4 rings (SSSR count). The maximum absolute atomic E-state index is 12.7. The van der Waals surface area contributed by atoms with Crippen molar-refractivity contribution in [1.29, 1.82) is 0 Å². The highest BCUT2D eigenvalue weighted by molar-refractivity contribution is 5.98. The average molecular weight is 389 g/mol. The van der Waals surface area contributed by atoms with Gasteiger partial charge < -0.3 is 14.6 Å². The Morgan fingerprint density at radius 2 is 1.93 bits per heavy atom. The standard InChI is InChI=1S/C20H18F3N3O2/c21-20(22,23)18-4-3-16(12-25-18)28-15-6-9-26(10-7-15)19(27)14-2-1-13-5-8-24-17(13)11-14/h1-5,8,11-12,15,24H,6-7,9-10H2. The van der Waals surface area contributed by atoms with E-state index in [2.05, 4.69) is 9.97 Å². The van der Waals surface area contributed by atoms with Crippen molar-refractivity contribution in [3.63, 3.8) is 0 Å². The molecule has 0 bridgehead atoms. The molecule has 0 spiro atoms. The maximum Gasteiger partial charge on any atom is 0.433 e. The number of benzene rings is 1. The largest absolute Gasteiger partial charge is 0.489 e. The summed E-state index contributed by atoms with van der Waals surface area (Å²) in [5.74, 6) is 0.265. The average Bonchev–Trinajstić information content (AvgIpc) is 3.15. The van der Waals surface area contributed by atoms with Gasteiger partial charge in [0.2, 0.25) is 0 Å². The molecule has 5 nitrogen and oxygen atoms in total. The number of fused-ring (bicyclic) bond motifs is 1. The van der Waals surface area contributed by atoms with Gasteiger partial charge >= 0.3 is 6.18 Å². The van der Waals surface area contributed by atoms with E-state index >= 15 is 0 Å². The Morgan fingerprint density at radius 3 is 2.61 bits per heavy atom.